The van der Waals surface area contributed by atoms with Gasteiger partial charge in [-0.1, -0.05) is 18.9 Å². The predicted molar refractivity (Wildman–Crippen MR) is 102 cm³/mol. The third kappa shape index (κ3) is 3.33. The minimum atomic E-state index is -0.106. The predicted octanol–water partition coefficient (Wildman–Crippen LogP) is 3.19. The topological polar surface area (TPSA) is 83.3 Å². The molecule has 1 aromatic carbocycles. The summed E-state index contributed by atoms with van der Waals surface area (Å²) < 4.78 is 1.83. The van der Waals surface area contributed by atoms with Gasteiger partial charge in [-0.15, -0.1) is 5.10 Å². The Hall–Kier alpha value is -3.09. The monoisotopic (exact) mass is 350 g/mol. The molecule has 1 amide bonds. The first kappa shape index (κ1) is 16.4. The molecule has 7 nitrogen and oxygen atoms in total. The van der Waals surface area contributed by atoms with Crippen molar-refractivity contribution in [2.45, 2.75) is 31.7 Å². The largest absolute Gasteiger partial charge is 0.367 e. The Kier molecular flexibility index (Phi) is 4.43. The third-order valence-electron chi connectivity index (χ3n) is 4.70. The number of aromatic nitrogens is 3. The van der Waals surface area contributed by atoms with Gasteiger partial charge in [-0.2, -0.15) is 9.50 Å². The Morgan fingerprint density at radius 1 is 1.12 bits per heavy atom. The van der Waals surface area contributed by atoms with Crippen molar-refractivity contribution in [2.75, 3.05) is 17.7 Å². The number of carbonyl (C=O) groups is 1. The zero-order valence-electron chi connectivity index (χ0n) is 14.7. The van der Waals surface area contributed by atoms with Crippen LogP contribution in [-0.4, -0.2) is 33.6 Å². The second-order valence-corrected chi connectivity index (χ2v) is 6.52. The lowest BCUT2D eigenvalue weighted by Crippen LogP contribution is -2.17. The molecule has 1 aliphatic carbocycles. The molecule has 0 aliphatic heterocycles. The van der Waals surface area contributed by atoms with Gasteiger partial charge in [0.15, 0.2) is 5.65 Å². The third-order valence-corrected chi connectivity index (χ3v) is 4.70. The Balaban J connectivity index is 1.54. The van der Waals surface area contributed by atoms with E-state index in [4.69, 9.17) is 0 Å². The number of nitrogens with zero attached hydrogens (tertiary/aromatic N) is 3. The van der Waals surface area contributed by atoms with Crippen LogP contribution in [0.5, 0.6) is 0 Å². The minimum Gasteiger partial charge on any atom is -0.367 e. The number of pyridine rings is 1. The molecule has 2 heterocycles. The van der Waals surface area contributed by atoms with E-state index in [2.05, 4.69) is 26.0 Å². The number of amides is 1. The van der Waals surface area contributed by atoms with E-state index in [1.165, 1.54) is 25.7 Å². The molecule has 7 heteroatoms. The number of fused-ring (bicyclic) bond motifs is 1. The van der Waals surface area contributed by atoms with Gasteiger partial charge in [0.2, 0.25) is 5.95 Å². The molecule has 26 heavy (non-hydrogen) atoms. The van der Waals surface area contributed by atoms with Gasteiger partial charge in [0.05, 0.1) is 0 Å². The van der Waals surface area contributed by atoms with Crippen LogP contribution in [0.1, 0.15) is 36.0 Å². The van der Waals surface area contributed by atoms with Gasteiger partial charge in [0, 0.05) is 24.3 Å². The van der Waals surface area contributed by atoms with Crippen LogP contribution in [0.25, 0.3) is 5.65 Å². The van der Waals surface area contributed by atoms with E-state index in [0.717, 1.165) is 17.2 Å². The normalized spacial score (nSPS) is 14.5. The van der Waals surface area contributed by atoms with E-state index in [1.54, 1.807) is 19.2 Å². The van der Waals surface area contributed by atoms with Crippen molar-refractivity contribution in [3.05, 3.63) is 48.0 Å². The van der Waals surface area contributed by atoms with Crippen molar-refractivity contribution < 1.29 is 4.79 Å². The maximum atomic E-state index is 11.6. The van der Waals surface area contributed by atoms with Crippen LogP contribution >= 0.6 is 0 Å². The highest BCUT2D eigenvalue weighted by molar-refractivity contribution is 5.94. The van der Waals surface area contributed by atoms with Crippen molar-refractivity contribution in [1.82, 2.24) is 19.9 Å². The number of rotatable bonds is 5. The lowest BCUT2D eigenvalue weighted by atomic mass is 10.2. The summed E-state index contributed by atoms with van der Waals surface area (Å²) in [5.41, 5.74) is 2.24. The fourth-order valence-electron chi connectivity index (χ4n) is 3.33. The Morgan fingerprint density at radius 2 is 1.88 bits per heavy atom. The SMILES string of the molecule is CNC(=O)c1ccc(Nc2nc3cccc(NC4CCCC4)n3n2)cc1. The van der Waals surface area contributed by atoms with Crippen LogP contribution in [-0.2, 0) is 0 Å². The van der Waals surface area contributed by atoms with Gasteiger partial charge in [-0.25, -0.2) is 0 Å². The summed E-state index contributed by atoms with van der Waals surface area (Å²) >= 11 is 0. The molecule has 0 radical (unpaired) electrons. The van der Waals surface area contributed by atoms with Gasteiger partial charge < -0.3 is 16.0 Å². The highest BCUT2D eigenvalue weighted by Crippen LogP contribution is 2.23. The number of anilines is 3. The molecule has 0 saturated heterocycles. The summed E-state index contributed by atoms with van der Waals surface area (Å²) in [4.78, 5) is 16.2. The first-order valence-electron chi connectivity index (χ1n) is 8.94. The smallest absolute Gasteiger partial charge is 0.251 e. The number of benzene rings is 1. The van der Waals surface area contributed by atoms with Crippen molar-refractivity contribution in [3.8, 4) is 0 Å². The average Bonchev–Trinajstić information content (AvgIpc) is 3.31. The molecule has 0 bridgehead atoms. The number of hydrogen-bond acceptors (Lipinski definition) is 5. The van der Waals surface area contributed by atoms with Crippen LogP contribution in [0, 0.1) is 0 Å². The van der Waals surface area contributed by atoms with Gasteiger partial charge >= 0.3 is 0 Å². The summed E-state index contributed by atoms with van der Waals surface area (Å²) in [5, 5.41) is 14.0. The molecule has 1 aliphatic rings. The number of carbonyl (C=O) groups excluding carboxylic acids is 1. The van der Waals surface area contributed by atoms with Crippen molar-refractivity contribution in [2.24, 2.45) is 0 Å². The molecule has 0 unspecified atom stereocenters. The molecule has 0 atom stereocenters. The molecule has 134 valence electrons. The van der Waals surface area contributed by atoms with Crippen LogP contribution in [0.3, 0.4) is 0 Å². The summed E-state index contributed by atoms with van der Waals surface area (Å²) in [6.07, 6.45) is 4.97. The Bertz CT molecular complexity index is 911. The van der Waals surface area contributed by atoms with E-state index in [0.29, 0.717) is 17.6 Å². The lowest BCUT2D eigenvalue weighted by Gasteiger charge is -2.13. The lowest BCUT2D eigenvalue weighted by molar-refractivity contribution is 0.0963. The van der Waals surface area contributed by atoms with Crippen LogP contribution in [0.4, 0.5) is 17.5 Å². The zero-order chi connectivity index (χ0) is 17.9. The number of nitrogens with one attached hydrogen (secondary N) is 3. The Labute approximate surface area is 151 Å². The van der Waals surface area contributed by atoms with E-state index in [1.807, 2.05) is 34.8 Å². The molecule has 2 aromatic heterocycles. The molecular formula is C19H22N6O. The minimum absolute atomic E-state index is 0.106. The van der Waals surface area contributed by atoms with Gasteiger partial charge in [-0.05, 0) is 49.2 Å². The summed E-state index contributed by atoms with van der Waals surface area (Å²) in [6, 6.07) is 13.7. The maximum Gasteiger partial charge on any atom is 0.251 e. The van der Waals surface area contributed by atoms with Crippen molar-refractivity contribution >= 4 is 29.0 Å². The standard InChI is InChI=1S/C19H22N6O/c1-20-18(26)13-9-11-15(12-10-13)22-19-23-17-8-4-7-16(25(17)24-19)21-14-5-2-3-6-14/h4,7-12,14,21H,2-3,5-6H2,1H3,(H,20,26)(H,22,24). The average molecular weight is 350 g/mol. The molecule has 0 spiro atoms. The molecule has 1 fully saturated rings. The summed E-state index contributed by atoms with van der Waals surface area (Å²) in [6.45, 7) is 0. The molecule has 1 saturated carbocycles. The van der Waals surface area contributed by atoms with Crippen molar-refractivity contribution in [1.29, 1.82) is 0 Å². The summed E-state index contributed by atoms with van der Waals surface area (Å²) in [7, 11) is 1.62. The highest BCUT2D eigenvalue weighted by Gasteiger charge is 2.16. The Morgan fingerprint density at radius 3 is 2.62 bits per heavy atom. The fourth-order valence-corrected chi connectivity index (χ4v) is 3.33. The molecular weight excluding hydrogens is 328 g/mol. The van der Waals surface area contributed by atoms with E-state index in [-0.39, 0.29) is 5.91 Å². The van der Waals surface area contributed by atoms with Crippen LogP contribution < -0.4 is 16.0 Å². The first-order chi connectivity index (χ1) is 12.7. The molecule has 4 rings (SSSR count). The molecule has 3 aromatic rings. The quantitative estimate of drug-likeness (QED) is 0.658. The molecule has 3 N–H and O–H groups in total. The highest BCUT2D eigenvalue weighted by atomic mass is 16.1. The van der Waals surface area contributed by atoms with Gasteiger partial charge in [0.1, 0.15) is 5.82 Å². The second-order valence-electron chi connectivity index (χ2n) is 6.52. The first-order valence-corrected chi connectivity index (χ1v) is 8.94. The fraction of sp³-hybridized carbons (Fsp3) is 0.316. The zero-order valence-corrected chi connectivity index (χ0v) is 14.7. The van der Waals surface area contributed by atoms with Crippen molar-refractivity contribution in [3.63, 3.8) is 0 Å². The second kappa shape index (κ2) is 7.03. The van der Waals surface area contributed by atoms with Crippen LogP contribution in [0.2, 0.25) is 0 Å². The van der Waals surface area contributed by atoms with Gasteiger partial charge in [-0.3, -0.25) is 4.79 Å². The van der Waals surface area contributed by atoms with Crippen LogP contribution in [0.15, 0.2) is 42.5 Å². The summed E-state index contributed by atoms with van der Waals surface area (Å²) in [5.74, 6) is 1.38. The number of hydrogen-bond donors (Lipinski definition) is 3. The van der Waals surface area contributed by atoms with E-state index >= 15 is 0 Å². The van der Waals surface area contributed by atoms with E-state index in [9.17, 15) is 4.79 Å². The van der Waals surface area contributed by atoms with E-state index < -0.39 is 0 Å². The maximum absolute atomic E-state index is 11.6. The van der Waals surface area contributed by atoms with Gasteiger partial charge in [0.25, 0.3) is 5.91 Å².